The van der Waals surface area contributed by atoms with Gasteiger partial charge in [0.25, 0.3) is 0 Å². The van der Waals surface area contributed by atoms with E-state index >= 15 is 0 Å². The Morgan fingerprint density at radius 3 is 2.64 bits per heavy atom. The normalized spacial score (nSPS) is 23.4. The van der Waals surface area contributed by atoms with Crippen LogP contribution in [0.15, 0.2) is 18.2 Å². The summed E-state index contributed by atoms with van der Waals surface area (Å²) in [6, 6.07) is -0.405. The predicted octanol–water partition coefficient (Wildman–Crippen LogP) is 1.87. The molecule has 1 amide bonds. The lowest BCUT2D eigenvalue weighted by Crippen LogP contribution is -2.63. The Labute approximate surface area is 193 Å². The van der Waals surface area contributed by atoms with Gasteiger partial charge in [-0.05, 0) is 27.7 Å². The zero-order chi connectivity index (χ0) is 24.2. The number of thiazole rings is 1. The molecule has 0 aliphatic carbocycles. The number of amides is 1. The van der Waals surface area contributed by atoms with E-state index in [1.807, 2.05) is 6.92 Å². The minimum Gasteiger partial charge on any atom is -0.427 e. The maximum atomic E-state index is 13.1. The van der Waals surface area contributed by atoms with Gasteiger partial charge in [0.1, 0.15) is 22.5 Å². The van der Waals surface area contributed by atoms with Crippen LogP contribution < -0.4 is 0 Å². The van der Waals surface area contributed by atoms with Gasteiger partial charge >= 0.3 is 11.9 Å². The van der Waals surface area contributed by atoms with E-state index < -0.39 is 42.2 Å². The Bertz CT molecular complexity index is 1190. The molecule has 0 unspecified atom stereocenters. The maximum Gasteiger partial charge on any atom is 0.358 e. The van der Waals surface area contributed by atoms with Crippen LogP contribution in [0.4, 0.5) is 0 Å². The quantitative estimate of drug-likeness (QED) is 0.290. The number of nitrogens with zero attached hydrogens (tertiary/aromatic N) is 3. The predicted molar refractivity (Wildman–Crippen MR) is 117 cm³/mol. The number of ether oxygens (including phenoxy) is 2. The highest BCUT2D eigenvalue weighted by Crippen LogP contribution is 2.51. The van der Waals surface area contributed by atoms with Crippen LogP contribution >= 0.6 is 11.3 Å². The standard InChI is InChI=1S/C22H25N3O7S/c1-10-14(13-6-24-8-23-12(7-26)19(24)33-13)17(25-16(10)15(11(2)27)18(25)28)20(29)31-9-32-21(30)22(3,4)5/h6-8,10-11,15-16,27H,9H2,1-5H3/t10-,11+,15+,16+/m0/s1. The molecule has 2 aliphatic rings. The van der Waals surface area contributed by atoms with Gasteiger partial charge < -0.3 is 19.5 Å². The minimum absolute atomic E-state index is 0.0614. The van der Waals surface area contributed by atoms with Crippen molar-refractivity contribution in [2.45, 2.75) is 46.8 Å². The van der Waals surface area contributed by atoms with Crippen molar-refractivity contribution in [3.8, 4) is 0 Å². The second kappa shape index (κ2) is 8.07. The fraction of sp³-hybridized carbons (Fsp3) is 0.500. The van der Waals surface area contributed by atoms with Gasteiger partial charge in [-0.25, -0.2) is 9.78 Å². The fourth-order valence-corrected chi connectivity index (χ4v) is 5.51. The highest BCUT2D eigenvalue weighted by atomic mass is 32.1. The largest absolute Gasteiger partial charge is 0.427 e. The van der Waals surface area contributed by atoms with Gasteiger partial charge in [-0.2, -0.15) is 0 Å². The van der Waals surface area contributed by atoms with Gasteiger partial charge in [-0.15, -0.1) is 11.3 Å². The Hall–Kier alpha value is -3.05. The van der Waals surface area contributed by atoms with Crippen LogP contribution in [0.25, 0.3) is 10.4 Å². The summed E-state index contributed by atoms with van der Waals surface area (Å²) >= 11 is 1.27. The van der Waals surface area contributed by atoms with E-state index in [2.05, 4.69) is 4.98 Å². The summed E-state index contributed by atoms with van der Waals surface area (Å²) in [5.41, 5.74) is 0.155. The van der Waals surface area contributed by atoms with E-state index in [1.54, 1.807) is 38.3 Å². The van der Waals surface area contributed by atoms with Crippen molar-refractivity contribution < 1.29 is 33.8 Å². The SMILES string of the molecule is C[C@@H](O)[C@H]1C(=O)N2C(C(=O)OCOC(=O)C(C)(C)C)=C(c3cn4cnc(C=O)c4s3)[C@H](C)[C@H]12. The zero-order valence-corrected chi connectivity index (χ0v) is 19.7. The first kappa shape index (κ1) is 23.1. The number of aldehydes is 1. The van der Waals surface area contributed by atoms with Crippen LogP contribution in [-0.2, 0) is 23.9 Å². The van der Waals surface area contributed by atoms with Gasteiger partial charge in [0, 0.05) is 17.7 Å². The Kier molecular flexibility index (Phi) is 5.65. The summed E-state index contributed by atoms with van der Waals surface area (Å²) in [4.78, 5) is 55.9. The number of aliphatic hydroxyl groups excluding tert-OH is 1. The highest BCUT2D eigenvalue weighted by molar-refractivity contribution is 7.18. The third kappa shape index (κ3) is 3.65. The number of esters is 2. The van der Waals surface area contributed by atoms with Crippen molar-refractivity contribution in [3.05, 3.63) is 28.8 Å². The van der Waals surface area contributed by atoms with Gasteiger partial charge in [-0.3, -0.25) is 18.8 Å². The molecule has 11 heteroatoms. The van der Waals surface area contributed by atoms with Crippen molar-refractivity contribution in [1.29, 1.82) is 0 Å². The lowest BCUT2D eigenvalue weighted by molar-refractivity contribution is -0.175. The van der Waals surface area contributed by atoms with Gasteiger partial charge in [-0.1, -0.05) is 6.92 Å². The Morgan fingerprint density at radius 1 is 1.33 bits per heavy atom. The number of aromatic nitrogens is 2. The monoisotopic (exact) mass is 475 g/mol. The van der Waals surface area contributed by atoms with Gasteiger partial charge in [0.15, 0.2) is 6.29 Å². The van der Waals surface area contributed by atoms with Crippen LogP contribution in [0.1, 0.15) is 50.0 Å². The van der Waals surface area contributed by atoms with Crippen LogP contribution in [-0.4, -0.2) is 62.5 Å². The van der Waals surface area contributed by atoms with Crippen molar-refractivity contribution in [3.63, 3.8) is 0 Å². The highest BCUT2D eigenvalue weighted by Gasteiger charge is 2.60. The van der Waals surface area contributed by atoms with E-state index in [1.165, 1.54) is 22.6 Å². The Balaban J connectivity index is 1.69. The number of rotatable bonds is 6. The molecule has 1 fully saturated rings. The molecule has 0 radical (unpaired) electrons. The summed E-state index contributed by atoms with van der Waals surface area (Å²) in [5.74, 6) is -2.62. The molecule has 4 atom stereocenters. The average molecular weight is 476 g/mol. The molecule has 10 nitrogen and oxygen atoms in total. The maximum absolute atomic E-state index is 13.1. The Morgan fingerprint density at radius 2 is 2.03 bits per heavy atom. The summed E-state index contributed by atoms with van der Waals surface area (Å²) in [5, 5.41) is 10.1. The number of imidazole rings is 1. The van der Waals surface area contributed by atoms with Crippen LogP contribution in [0, 0.1) is 17.3 Å². The number of carbonyl (C=O) groups excluding carboxylic acids is 4. The molecule has 2 aromatic heterocycles. The topological polar surface area (TPSA) is 128 Å². The number of carbonyl (C=O) groups is 4. The molecule has 0 bridgehead atoms. The molecule has 0 spiro atoms. The molecule has 4 heterocycles. The second-order valence-corrected chi connectivity index (χ2v) is 10.3. The molecule has 4 rings (SSSR count). The number of aliphatic hydroxyl groups is 1. The third-order valence-electron chi connectivity index (χ3n) is 5.97. The molecule has 176 valence electrons. The van der Waals surface area contributed by atoms with E-state index in [0.717, 1.165) is 0 Å². The first-order valence-electron chi connectivity index (χ1n) is 10.5. The lowest BCUT2D eigenvalue weighted by atomic mass is 9.77. The zero-order valence-electron chi connectivity index (χ0n) is 18.9. The lowest BCUT2D eigenvalue weighted by Gasteiger charge is -2.46. The summed E-state index contributed by atoms with van der Waals surface area (Å²) in [7, 11) is 0. The molecular weight excluding hydrogens is 450 g/mol. The first-order valence-corrected chi connectivity index (χ1v) is 11.3. The van der Waals surface area contributed by atoms with E-state index in [0.29, 0.717) is 21.6 Å². The van der Waals surface area contributed by atoms with Crippen LogP contribution in [0.3, 0.4) is 0 Å². The van der Waals surface area contributed by atoms with Crippen molar-refractivity contribution in [1.82, 2.24) is 14.3 Å². The number of hydrogen-bond donors (Lipinski definition) is 1. The number of fused-ring (bicyclic) bond motifs is 2. The molecule has 1 saturated heterocycles. The molecule has 0 aromatic carbocycles. The smallest absolute Gasteiger partial charge is 0.358 e. The first-order chi connectivity index (χ1) is 15.5. The third-order valence-corrected chi connectivity index (χ3v) is 7.13. The molecule has 0 saturated carbocycles. The summed E-state index contributed by atoms with van der Waals surface area (Å²) < 4.78 is 11.9. The number of hydrogen-bond acceptors (Lipinski definition) is 9. The van der Waals surface area contributed by atoms with Crippen molar-refractivity contribution in [2.75, 3.05) is 6.79 Å². The molecular formula is C22H25N3O7S. The van der Waals surface area contributed by atoms with E-state index in [4.69, 9.17) is 9.47 Å². The van der Waals surface area contributed by atoms with Crippen LogP contribution in [0.2, 0.25) is 0 Å². The van der Waals surface area contributed by atoms with Crippen molar-refractivity contribution in [2.24, 2.45) is 17.3 Å². The number of β-lactam (4-membered cyclic amide) rings is 1. The molecule has 33 heavy (non-hydrogen) atoms. The summed E-state index contributed by atoms with van der Waals surface area (Å²) in [6.07, 6.45) is 3.02. The summed E-state index contributed by atoms with van der Waals surface area (Å²) in [6.45, 7) is 7.87. The van der Waals surface area contributed by atoms with E-state index in [-0.39, 0.29) is 23.2 Å². The van der Waals surface area contributed by atoms with Gasteiger partial charge in [0.05, 0.1) is 28.4 Å². The average Bonchev–Trinajstić information content (AvgIpc) is 3.36. The molecule has 1 N–H and O–H groups in total. The van der Waals surface area contributed by atoms with Crippen LogP contribution in [0.5, 0.6) is 0 Å². The minimum atomic E-state index is -0.879. The molecule has 2 aromatic rings. The second-order valence-electron chi connectivity index (χ2n) is 9.30. The molecule has 2 aliphatic heterocycles. The fourth-order valence-electron chi connectivity index (χ4n) is 4.33. The van der Waals surface area contributed by atoms with Gasteiger partial charge in [0.2, 0.25) is 12.7 Å². The van der Waals surface area contributed by atoms with E-state index in [9.17, 15) is 24.3 Å². The van der Waals surface area contributed by atoms with Crippen molar-refractivity contribution >= 4 is 45.9 Å².